The van der Waals surface area contributed by atoms with Crippen LogP contribution in [-0.2, 0) is 9.63 Å². The normalized spacial score (nSPS) is 12.1. The number of anilines is 1. The number of nitrogens with one attached hydrogen (secondary N) is 1. The number of thiophene rings is 1. The monoisotopic (exact) mass is 330 g/mol. The second-order valence-electron chi connectivity index (χ2n) is 4.78. The van der Waals surface area contributed by atoms with Crippen molar-refractivity contribution >= 4 is 34.4 Å². The van der Waals surface area contributed by atoms with Crippen LogP contribution in [0.15, 0.2) is 52.0 Å². The molecule has 2 aromatic rings. The van der Waals surface area contributed by atoms with E-state index < -0.39 is 0 Å². The van der Waals surface area contributed by atoms with E-state index >= 15 is 0 Å². The Kier molecular flexibility index (Phi) is 5.87. The van der Waals surface area contributed by atoms with Crippen molar-refractivity contribution in [2.75, 3.05) is 12.3 Å². The molecule has 0 aliphatic rings. The Hall–Kier alpha value is -2.67. The van der Waals surface area contributed by atoms with E-state index in [1.807, 2.05) is 36.6 Å². The minimum absolute atomic E-state index is 0.193. The molecule has 0 saturated carbocycles. The zero-order valence-corrected chi connectivity index (χ0v) is 13.8. The zero-order valence-electron chi connectivity index (χ0n) is 12.9. The van der Waals surface area contributed by atoms with Crippen molar-refractivity contribution in [3.63, 3.8) is 0 Å². The lowest BCUT2D eigenvalue weighted by molar-refractivity contribution is -0.125. The van der Waals surface area contributed by atoms with Gasteiger partial charge in [0.2, 0.25) is 0 Å². The summed E-state index contributed by atoms with van der Waals surface area (Å²) in [5.74, 6) is -0.373. The van der Waals surface area contributed by atoms with Crippen LogP contribution in [0.1, 0.15) is 24.3 Å². The van der Waals surface area contributed by atoms with Crippen LogP contribution in [0.5, 0.6) is 0 Å². The van der Waals surface area contributed by atoms with Crippen LogP contribution in [0.3, 0.4) is 0 Å². The van der Waals surface area contributed by atoms with Crippen LogP contribution in [0, 0.1) is 0 Å². The maximum absolute atomic E-state index is 11.7. The highest BCUT2D eigenvalue weighted by atomic mass is 32.1. The van der Waals surface area contributed by atoms with Crippen molar-refractivity contribution in [1.82, 2.24) is 5.43 Å². The number of hydrazone groups is 1. The first-order chi connectivity index (χ1) is 11.1. The number of carbonyl (C=O) groups excluding carboxylic acids is 1. The van der Waals surface area contributed by atoms with Gasteiger partial charge in [-0.1, -0.05) is 23.4 Å². The Balaban J connectivity index is 1.81. The molecule has 23 heavy (non-hydrogen) atoms. The largest absolute Gasteiger partial charge is 0.399 e. The molecule has 0 atom stereocenters. The Morgan fingerprint density at radius 2 is 1.96 bits per heavy atom. The first kappa shape index (κ1) is 16.7. The van der Waals surface area contributed by atoms with Crippen LogP contribution in [0.4, 0.5) is 5.69 Å². The molecule has 1 aromatic heterocycles. The smallest absolute Gasteiger partial charge is 0.280 e. The van der Waals surface area contributed by atoms with Gasteiger partial charge in [-0.2, -0.15) is 5.10 Å². The van der Waals surface area contributed by atoms with Gasteiger partial charge in [0.25, 0.3) is 5.91 Å². The number of oxime groups is 1. The van der Waals surface area contributed by atoms with E-state index in [0.717, 1.165) is 16.2 Å². The predicted molar refractivity (Wildman–Crippen MR) is 93.7 cm³/mol. The molecule has 7 heteroatoms. The van der Waals surface area contributed by atoms with E-state index in [0.29, 0.717) is 11.4 Å². The molecule has 1 aromatic carbocycles. The van der Waals surface area contributed by atoms with E-state index in [4.69, 9.17) is 10.6 Å². The van der Waals surface area contributed by atoms with Crippen LogP contribution in [0.25, 0.3) is 0 Å². The molecule has 0 aliphatic carbocycles. The van der Waals surface area contributed by atoms with Gasteiger partial charge >= 0.3 is 0 Å². The molecule has 0 bridgehead atoms. The van der Waals surface area contributed by atoms with Gasteiger partial charge in [-0.3, -0.25) is 4.79 Å². The van der Waals surface area contributed by atoms with Crippen molar-refractivity contribution in [2.45, 2.75) is 13.8 Å². The maximum atomic E-state index is 11.7. The van der Waals surface area contributed by atoms with Crippen molar-refractivity contribution in [3.05, 3.63) is 52.2 Å². The summed E-state index contributed by atoms with van der Waals surface area (Å²) in [4.78, 5) is 17.7. The molecule has 3 N–H and O–H groups in total. The van der Waals surface area contributed by atoms with Crippen molar-refractivity contribution in [3.8, 4) is 0 Å². The van der Waals surface area contributed by atoms with E-state index in [-0.39, 0.29) is 12.5 Å². The topological polar surface area (TPSA) is 89.1 Å². The predicted octanol–water partition coefficient (Wildman–Crippen LogP) is 2.61. The van der Waals surface area contributed by atoms with Crippen molar-refractivity contribution < 1.29 is 9.63 Å². The molecular formula is C16H18N4O2S. The summed E-state index contributed by atoms with van der Waals surface area (Å²) in [5.41, 5.74) is 11.0. The van der Waals surface area contributed by atoms with Gasteiger partial charge in [-0.05, 0) is 43.0 Å². The molecule has 0 saturated heterocycles. The van der Waals surface area contributed by atoms with Gasteiger partial charge in [0.1, 0.15) is 0 Å². The van der Waals surface area contributed by atoms with Gasteiger partial charge in [0.15, 0.2) is 6.61 Å². The van der Waals surface area contributed by atoms with Gasteiger partial charge < -0.3 is 10.6 Å². The minimum atomic E-state index is -0.373. The van der Waals surface area contributed by atoms with Crippen LogP contribution < -0.4 is 11.2 Å². The maximum Gasteiger partial charge on any atom is 0.280 e. The van der Waals surface area contributed by atoms with E-state index in [1.54, 1.807) is 30.4 Å². The molecule has 0 spiro atoms. The second-order valence-corrected chi connectivity index (χ2v) is 5.73. The molecule has 0 radical (unpaired) electrons. The van der Waals surface area contributed by atoms with Gasteiger partial charge in [0.05, 0.1) is 16.3 Å². The number of rotatable bonds is 6. The fourth-order valence-electron chi connectivity index (χ4n) is 1.68. The molecule has 2 rings (SSSR count). The molecule has 0 fully saturated rings. The summed E-state index contributed by atoms with van der Waals surface area (Å²) in [6.07, 6.45) is 0. The molecule has 1 heterocycles. The number of benzene rings is 1. The third-order valence-corrected chi connectivity index (χ3v) is 3.93. The lowest BCUT2D eigenvalue weighted by Crippen LogP contribution is -2.23. The van der Waals surface area contributed by atoms with Crippen molar-refractivity contribution in [1.29, 1.82) is 0 Å². The fraction of sp³-hybridized carbons (Fsp3) is 0.188. The highest BCUT2D eigenvalue weighted by Crippen LogP contribution is 2.09. The van der Waals surface area contributed by atoms with Crippen LogP contribution in [-0.4, -0.2) is 23.9 Å². The lowest BCUT2D eigenvalue weighted by Gasteiger charge is -2.03. The number of carbonyl (C=O) groups is 1. The van der Waals surface area contributed by atoms with Gasteiger partial charge in [-0.25, -0.2) is 5.43 Å². The first-order valence-electron chi connectivity index (χ1n) is 6.95. The number of nitrogen functional groups attached to an aromatic ring is 1. The highest BCUT2D eigenvalue weighted by Gasteiger charge is 2.03. The summed E-state index contributed by atoms with van der Waals surface area (Å²) >= 11 is 1.56. The zero-order chi connectivity index (χ0) is 16.7. The number of hydrogen-bond acceptors (Lipinski definition) is 6. The summed E-state index contributed by atoms with van der Waals surface area (Å²) in [5, 5.41) is 9.88. The average Bonchev–Trinajstić information content (AvgIpc) is 3.07. The van der Waals surface area contributed by atoms with Crippen LogP contribution >= 0.6 is 11.3 Å². The molecule has 6 nitrogen and oxygen atoms in total. The molecule has 1 amide bonds. The molecule has 0 aliphatic heterocycles. The van der Waals surface area contributed by atoms with E-state index in [9.17, 15) is 4.79 Å². The third kappa shape index (κ3) is 5.23. The number of hydrogen-bond donors (Lipinski definition) is 2. The quantitative estimate of drug-likeness (QED) is 0.485. The SMILES string of the molecule is C/C(=N\NC(=O)CO/N=C(\C)c1cccs1)c1ccc(N)cc1. The summed E-state index contributed by atoms with van der Waals surface area (Å²) < 4.78 is 0. The number of nitrogens with two attached hydrogens (primary N) is 1. The summed E-state index contributed by atoms with van der Waals surface area (Å²) in [6, 6.07) is 11.1. The standard InChI is InChI=1S/C16H18N4O2S/c1-11(13-5-7-14(17)8-6-13)18-19-16(21)10-22-20-12(2)15-4-3-9-23-15/h3-9H,10,17H2,1-2H3,(H,19,21)/b18-11+,20-12+. The number of amides is 1. The molecular weight excluding hydrogens is 312 g/mol. The Bertz CT molecular complexity index is 706. The highest BCUT2D eigenvalue weighted by molar-refractivity contribution is 7.12. The van der Waals surface area contributed by atoms with Crippen molar-refractivity contribution in [2.24, 2.45) is 10.3 Å². The van der Waals surface area contributed by atoms with Gasteiger partial charge in [0, 0.05) is 5.69 Å². The van der Waals surface area contributed by atoms with Crippen LogP contribution in [0.2, 0.25) is 0 Å². The summed E-state index contributed by atoms with van der Waals surface area (Å²) in [6.45, 7) is 3.43. The van der Waals surface area contributed by atoms with E-state index in [2.05, 4.69) is 15.7 Å². The van der Waals surface area contributed by atoms with Gasteiger partial charge in [-0.15, -0.1) is 11.3 Å². The summed E-state index contributed by atoms with van der Waals surface area (Å²) in [7, 11) is 0. The lowest BCUT2D eigenvalue weighted by atomic mass is 10.1. The van der Waals surface area contributed by atoms with E-state index in [1.165, 1.54) is 0 Å². The minimum Gasteiger partial charge on any atom is -0.399 e. The molecule has 0 unspecified atom stereocenters. The third-order valence-electron chi connectivity index (χ3n) is 2.95. The second kappa shape index (κ2) is 8.09. The Labute approximate surface area is 138 Å². The molecule has 120 valence electrons. The fourth-order valence-corrected chi connectivity index (χ4v) is 2.35. The first-order valence-corrected chi connectivity index (χ1v) is 7.83. The average molecular weight is 330 g/mol. The Morgan fingerprint density at radius 1 is 1.22 bits per heavy atom. The number of nitrogens with zero attached hydrogens (tertiary/aromatic N) is 2. The Morgan fingerprint density at radius 3 is 2.61 bits per heavy atom.